The van der Waals surface area contributed by atoms with Crippen molar-refractivity contribution < 1.29 is 14.5 Å². The molecule has 16 heavy (non-hydrogen) atoms. The highest BCUT2D eigenvalue weighted by Crippen LogP contribution is 2.24. The fourth-order valence-electron chi connectivity index (χ4n) is 1.12. The number of benzene rings is 1. The van der Waals surface area contributed by atoms with Crippen LogP contribution < -0.4 is 0 Å². The molecular weight excluding hydrogens is 348 g/mol. The van der Waals surface area contributed by atoms with Crippen LogP contribution in [0.1, 0.15) is 20.7 Å². The quantitative estimate of drug-likeness (QED) is 0.208. The topological polar surface area (TPSA) is 77.3 Å². The van der Waals surface area contributed by atoms with Crippen LogP contribution in [0.5, 0.6) is 0 Å². The maximum absolute atomic E-state index is 11.4. The number of rotatable bonds is 4. The van der Waals surface area contributed by atoms with Gasteiger partial charge in [0.15, 0.2) is 12.1 Å². The molecule has 1 aromatic rings. The molecule has 0 saturated carbocycles. The van der Waals surface area contributed by atoms with E-state index in [1.165, 1.54) is 6.07 Å². The largest absolute Gasteiger partial charge is 0.298 e. The highest BCUT2D eigenvalue weighted by atomic mass is 127. The number of nitro groups is 1. The van der Waals surface area contributed by atoms with Crippen LogP contribution in [-0.4, -0.2) is 22.9 Å². The lowest BCUT2D eigenvalue weighted by molar-refractivity contribution is -0.385. The van der Waals surface area contributed by atoms with E-state index in [9.17, 15) is 19.7 Å². The van der Waals surface area contributed by atoms with Crippen molar-refractivity contribution >= 4 is 51.9 Å². The molecule has 5 nitrogen and oxygen atoms in total. The molecule has 0 atom stereocenters. The first-order valence-corrected chi connectivity index (χ1v) is 5.65. The minimum Gasteiger partial charge on any atom is -0.298 e. The van der Waals surface area contributed by atoms with Gasteiger partial charge in [-0.05, 0) is 28.7 Å². The minimum absolute atomic E-state index is 0.0551. The van der Waals surface area contributed by atoms with Crippen LogP contribution in [0.15, 0.2) is 12.1 Å². The Morgan fingerprint density at radius 2 is 2.19 bits per heavy atom. The van der Waals surface area contributed by atoms with Crippen molar-refractivity contribution in [3.8, 4) is 0 Å². The zero-order chi connectivity index (χ0) is 12.3. The lowest BCUT2D eigenvalue weighted by Crippen LogP contribution is -2.06. The summed E-state index contributed by atoms with van der Waals surface area (Å²) in [5.74, 6) is -0.667. The van der Waals surface area contributed by atoms with E-state index in [0.29, 0.717) is 9.86 Å². The zero-order valence-electron chi connectivity index (χ0n) is 7.78. The molecule has 0 fully saturated rings. The Balaban J connectivity index is 3.44. The van der Waals surface area contributed by atoms with Gasteiger partial charge in [-0.15, -0.1) is 11.6 Å². The molecule has 0 unspecified atom stereocenters. The number of aldehydes is 1. The number of hydrogen-bond donors (Lipinski definition) is 0. The molecule has 0 aliphatic carbocycles. The lowest BCUT2D eigenvalue weighted by atomic mass is 10.1. The Labute approximate surface area is 109 Å². The number of nitrogens with zero attached hydrogens (tertiary/aromatic N) is 1. The second-order valence-corrected chi connectivity index (χ2v) is 4.25. The molecule has 1 aromatic carbocycles. The van der Waals surface area contributed by atoms with Crippen LogP contribution in [0.4, 0.5) is 5.69 Å². The highest BCUT2D eigenvalue weighted by molar-refractivity contribution is 14.1. The summed E-state index contributed by atoms with van der Waals surface area (Å²) in [4.78, 5) is 31.9. The van der Waals surface area contributed by atoms with Gasteiger partial charge in [-0.25, -0.2) is 0 Å². The van der Waals surface area contributed by atoms with Gasteiger partial charge in [0.25, 0.3) is 5.69 Å². The maximum Gasteiger partial charge on any atom is 0.280 e. The van der Waals surface area contributed by atoms with Gasteiger partial charge in [0.05, 0.1) is 16.4 Å². The van der Waals surface area contributed by atoms with Gasteiger partial charge in [0.2, 0.25) is 0 Å². The van der Waals surface area contributed by atoms with E-state index < -0.39 is 10.7 Å². The Bertz CT molecular complexity index is 475. The number of alkyl halides is 1. The molecular formula is C9H5ClINO4. The fraction of sp³-hybridized carbons (Fsp3) is 0.111. The third-order valence-electron chi connectivity index (χ3n) is 1.86. The summed E-state index contributed by atoms with van der Waals surface area (Å²) in [6, 6.07) is 2.38. The number of nitro benzene ring substituents is 1. The number of carbonyl (C=O) groups is 2. The second kappa shape index (κ2) is 5.35. The molecule has 84 valence electrons. The summed E-state index contributed by atoms with van der Waals surface area (Å²) in [5, 5.41) is 10.7. The third-order valence-corrected chi connectivity index (χ3v) is 3.00. The molecule has 0 amide bonds. The summed E-state index contributed by atoms with van der Waals surface area (Å²) in [6.07, 6.45) is 0.384. The predicted molar refractivity (Wildman–Crippen MR) is 66.3 cm³/mol. The van der Waals surface area contributed by atoms with E-state index in [2.05, 4.69) is 0 Å². The number of hydrogen-bond acceptors (Lipinski definition) is 4. The van der Waals surface area contributed by atoms with Gasteiger partial charge < -0.3 is 0 Å². The van der Waals surface area contributed by atoms with Crippen LogP contribution in [0.3, 0.4) is 0 Å². The number of carbonyl (C=O) groups excluding carboxylic acids is 2. The van der Waals surface area contributed by atoms with Crippen LogP contribution in [0, 0.1) is 13.7 Å². The van der Waals surface area contributed by atoms with Gasteiger partial charge in [0.1, 0.15) is 0 Å². The van der Waals surface area contributed by atoms with Gasteiger partial charge in [0, 0.05) is 15.2 Å². The van der Waals surface area contributed by atoms with E-state index in [-0.39, 0.29) is 22.7 Å². The third kappa shape index (κ3) is 2.56. The van der Waals surface area contributed by atoms with Crippen LogP contribution in [-0.2, 0) is 0 Å². The first-order chi connectivity index (χ1) is 7.51. The predicted octanol–water partition coefficient (Wildman–Crippen LogP) is 2.43. The molecule has 0 bridgehead atoms. The van der Waals surface area contributed by atoms with E-state index in [0.717, 1.165) is 6.07 Å². The molecule has 0 heterocycles. The van der Waals surface area contributed by atoms with E-state index in [1.807, 2.05) is 22.6 Å². The average Bonchev–Trinajstić information content (AvgIpc) is 2.27. The van der Waals surface area contributed by atoms with Crippen LogP contribution in [0.25, 0.3) is 0 Å². The second-order valence-electron chi connectivity index (χ2n) is 2.82. The molecule has 0 aliphatic rings. The van der Waals surface area contributed by atoms with Gasteiger partial charge in [-0.2, -0.15) is 0 Å². The standard InChI is InChI=1S/C9H5ClINO4/c10-3-9(14)6-2-8(12(15)16)5(4-13)1-7(6)11/h1-2,4H,3H2. The number of Topliss-reactive ketones (excluding diaryl/α,β-unsaturated/α-hetero) is 1. The highest BCUT2D eigenvalue weighted by Gasteiger charge is 2.19. The summed E-state index contributed by atoms with van der Waals surface area (Å²) in [6.45, 7) is 0. The average molecular weight is 353 g/mol. The molecule has 0 aliphatic heterocycles. The van der Waals surface area contributed by atoms with E-state index in [4.69, 9.17) is 11.6 Å². The summed E-state index contributed by atoms with van der Waals surface area (Å²) in [7, 11) is 0. The smallest absolute Gasteiger partial charge is 0.280 e. The zero-order valence-corrected chi connectivity index (χ0v) is 10.7. The Morgan fingerprint density at radius 1 is 1.56 bits per heavy atom. The fourth-order valence-corrected chi connectivity index (χ4v) is 2.05. The molecule has 0 N–H and O–H groups in total. The summed E-state index contributed by atoms with van der Waals surface area (Å²) >= 11 is 7.20. The molecule has 1 rings (SSSR count). The van der Waals surface area contributed by atoms with Crippen molar-refractivity contribution in [2.45, 2.75) is 0 Å². The van der Waals surface area contributed by atoms with Crippen LogP contribution in [0.2, 0.25) is 0 Å². The van der Waals surface area contributed by atoms with Gasteiger partial charge in [-0.1, -0.05) is 0 Å². The minimum atomic E-state index is -0.704. The summed E-state index contributed by atoms with van der Waals surface area (Å²) < 4.78 is 0.468. The van der Waals surface area contributed by atoms with Crippen LogP contribution >= 0.6 is 34.2 Å². The first kappa shape index (κ1) is 13.0. The molecule has 0 radical (unpaired) electrons. The van der Waals surface area contributed by atoms with Crippen molar-refractivity contribution in [3.05, 3.63) is 36.9 Å². The van der Waals surface area contributed by atoms with E-state index in [1.54, 1.807) is 0 Å². The van der Waals surface area contributed by atoms with Crippen molar-refractivity contribution in [3.63, 3.8) is 0 Å². The lowest BCUT2D eigenvalue weighted by Gasteiger charge is -2.03. The monoisotopic (exact) mass is 353 g/mol. The molecule has 0 saturated heterocycles. The Kier molecular flexibility index (Phi) is 4.36. The van der Waals surface area contributed by atoms with Crippen molar-refractivity contribution in [1.29, 1.82) is 0 Å². The summed E-state index contributed by atoms with van der Waals surface area (Å²) in [5.41, 5.74) is -0.280. The maximum atomic E-state index is 11.4. The normalized spacial score (nSPS) is 9.88. The molecule has 0 aromatic heterocycles. The van der Waals surface area contributed by atoms with Crippen molar-refractivity contribution in [2.75, 3.05) is 5.88 Å². The van der Waals surface area contributed by atoms with Gasteiger partial charge in [-0.3, -0.25) is 19.7 Å². The Morgan fingerprint density at radius 3 is 2.62 bits per heavy atom. The van der Waals surface area contributed by atoms with Crippen molar-refractivity contribution in [1.82, 2.24) is 0 Å². The van der Waals surface area contributed by atoms with Crippen molar-refractivity contribution in [2.24, 2.45) is 0 Å². The number of ketones is 1. The van der Waals surface area contributed by atoms with E-state index >= 15 is 0 Å². The Hall–Kier alpha value is -1.02. The first-order valence-electron chi connectivity index (χ1n) is 4.03. The molecule has 7 heteroatoms. The van der Waals surface area contributed by atoms with Gasteiger partial charge >= 0.3 is 0 Å². The SMILES string of the molecule is O=Cc1cc(I)c(C(=O)CCl)cc1[N+](=O)[O-]. The number of halogens is 2. The molecule has 0 spiro atoms.